The number of aromatic amines is 2. The first-order valence-electron chi connectivity index (χ1n) is 4.43. The second-order valence-corrected chi connectivity index (χ2v) is 3.01. The molecule has 1 aromatic heterocycles. The zero-order chi connectivity index (χ0) is 10.7. The number of aromatic hydroxyl groups is 1. The lowest BCUT2D eigenvalue weighted by atomic mass is 10.3. The van der Waals surface area contributed by atoms with E-state index in [0.29, 0.717) is 11.4 Å². The molecule has 0 saturated carbocycles. The fraction of sp³-hybridized carbons (Fsp3) is 0.100. The van der Waals surface area contributed by atoms with Crippen LogP contribution in [-0.2, 0) is 6.61 Å². The molecule has 5 nitrogen and oxygen atoms in total. The van der Waals surface area contributed by atoms with E-state index in [-0.39, 0.29) is 12.5 Å². The van der Waals surface area contributed by atoms with Crippen molar-refractivity contribution in [2.24, 2.45) is 0 Å². The SMILES string of the molecule is O=c1[nH]c(O)c(COc2ccccc2)[nH]1. The third-order valence-corrected chi connectivity index (χ3v) is 1.91. The zero-order valence-electron chi connectivity index (χ0n) is 7.86. The molecule has 0 bridgehead atoms. The van der Waals surface area contributed by atoms with Crippen molar-refractivity contribution in [1.82, 2.24) is 9.97 Å². The summed E-state index contributed by atoms with van der Waals surface area (Å²) in [5.41, 5.74) is -0.108. The Morgan fingerprint density at radius 3 is 2.53 bits per heavy atom. The Kier molecular flexibility index (Phi) is 2.45. The summed E-state index contributed by atoms with van der Waals surface area (Å²) in [5, 5.41) is 9.24. The minimum atomic E-state index is -0.445. The number of benzene rings is 1. The summed E-state index contributed by atoms with van der Waals surface area (Å²) in [5.74, 6) is 0.495. The molecule has 0 fully saturated rings. The summed E-state index contributed by atoms with van der Waals surface area (Å²) in [4.78, 5) is 15.4. The second kappa shape index (κ2) is 3.91. The van der Waals surface area contributed by atoms with Gasteiger partial charge in [-0.15, -0.1) is 0 Å². The Balaban J connectivity index is 2.05. The number of hydrogen-bond donors (Lipinski definition) is 3. The van der Waals surface area contributed by atoms with Crippen molar-refractivity contribution in [3.05, 3.63) is 46.5 Å². The molecule has 0 radical (unpaired) electrons. The molecular formula is C10H10N2O3. The van der Waals surface area contributed by atoms with Crippen LogP contribution in [0.2, 0.25) is 0 Å². The number of ether oxygens (including phenoxy) is 1. The van der Waals surface area contributed by atoms with Gasteiger partial charge in [0, 0.05) is 0 Å². The van der Waals surface area contributed by atoms with E-state index < -0.39 is 5.69 Å². The summed E-state index contributed by atoms with van der Waals surface area (Å²) in [7, 11) is 0. The molecule has 0 aliphatic carbocycles. The van der Waals surface area contributed by atoms with E-state index >= 15 is 0 Å². The van der Waals surface area contributed by atoms with Crippen molar-refractivity contribution in [1.29, 1.82) is 0 Å². The molecule has 15 heavy (non-hydrogen) atoms. The Morgan fingerprint density at radius 2 is 1.93 bits per heavy atom. The fourth-order valence-electron chi connectivity index (χ4n) is 1.19. The number of para-hydroxylation sites is 1. The van der Waals surface area contributed by atoms with Crippen LogP contribution in [0.15, 0.2) is 35.1 Å². The zero-order valence-corrected chi connectivity index (χ0v) is 7.86. The summed E-state index contributed by atoms with van der Waals surface area (Å²) >= 11 is 0. The van der Waals surface area contributed by atoms with Gasteiger partial charge in [-0.2, -0.15) is 0 Å². The Morgan fingerprint density at radius 1 is 1.20 bits per heavy atom. The van der Waals surface area contributed by atoms with Gasteiger partial charge in [0.2, 0.25) is 5.88 Å². The molecule has 0 unspecified atom stereocenters. The average molecular weight is 206 g/mol. The number of nitrogens with one attached hydrogen (secondary N) is 2. The van der Waals surface area contributed by atoms with Gasteiger partial charge in [-0.3, -0.25) is 4.98 Å². The normalized spacial score (nSPS) is 10.1. The van der Waals surface area contributed by atoms with E-state index in [9.17, 15) is 9.90 Å². The molecule has 0 aliphatic rings. The van der Waals surface area contributed by atoms with Crippen molar-refractivity contribution >= 4 is 0 Å². The molecule has 78 valence electrons. The predicted octanol–water partition coefficient (Wildman–Crippen LogP) is 0.988. The third-order valence-electron chi connectivity index (χ3n) is 1.91. The van der Waals surface area contributed by atoms with Crippen molar-refractivity contribution in [3.63, 3.8) is 0 Å². The number of imidazole rings is 1. The standard InChI is InChI=1S/C10H10N2O3/c13-9-8(11-10(14)12-9)6-15-7-4-2-1-3-5-7/h1-5,13H,6H2,(H2,11,12,14). The highest BCUT2D eigenvalue weighted by molar-refractivity contribution is 5.22. The maximum Gasteiger partial charge on any atom is 0.326 e. The monoisotopic (exact) mass is 206 g/mol. The van der Waals surface area contributed by atoms with Crippen LogP contribution >= 0.6 is 0 Å². The van der Waals surface area contributed by atoms with Gasteiger partial charge in [0.1, 0.15) is 18.1 Å². The molecular weight excluding hydrogens is 196 g/mol. The van der Waals surface area contributed by atoms with Crippen molar-refractivity contribution in [2.75, 3.05) is 0 Å². The molecule has 1 heterocycles. The Labute approximate surface area is 85.4 Å². The molecule has 3 N–H and O–H groups in total. The van der Waals surface area contributed by atoms with Crippen LogP contribution in [0.1, 0.15) is 5.69 Å². The van der Waals surface area contributed by atoms with Crippen LogP contribution in [-0.4, -0.2) is 15.1 Å². The Hall–Kier alpha value is -2.17. The van der Waals surface area contributed by atoms with Gasteiger partial charge in [-0.1, -0.05) is 18.2 Å². The van der Waals surface area contributed by atoms with E-state index in [1.807, 2.05) is 18.2 Å². The molecule has 1 aromatic carbocycles. The van der Waals surface area contributed by atoms with Crippen LogP contribution in [0, 0.1) is 0 Å². The van der Waals surface area contributed by atoms with Gasteiger partial charge in [-0.25, -0.2) is 4.79 Å². The van der Waals surface area contributed by atoms with Crippen LogP contribution in [0.4, 0.5) is 0 Å². The minimum Gasteiger partial charge on any atom is -0.493 e. The van der Waals surface area contributed by atoms with Crippen LogP contribution in [0.3, 0.4) is 0 Å². The highest BCUT2D eigenvalue weighted by Gasteiger charge is 2.05. The molecule has 0 aliphatic heterocycles. The largest absolute Gasteiger partial charge is 0.493 e. The van der Waals surface area contributed by atoms with Crippen LogP contribution in [0.5, 0.6) is 11.6 Å². The van der Waals surface area contributed by atoms with E-state index in [4.69, 9.17) is 4.74 Å². The van der Waals surface area contributed by atoms with E-state index in [2.05, 4.69) is 9.97 Å². The molecule has 0 amide bonds. The van der Waals surface area contributed by atoms with Crippen LogP contribution in [0.25, 0.3) is 0 Å². The van der Waals surface area contributed by atoms with Crippen LogP contribution < -0.4 is 10.4 Å². The van der Waals surface area contributed by atoms with Gasteiger partial charge in [0.15, 0.2) is 0 Å². The predicted molar refractivity (Wildman–Crippen MR) is 53.9 cm³/mol. The maximum absolute atomic E-state index is 10.8. The number of aromatic nitrogens is 2. The molecule has 2 rings (SSSR count). The molecule has 0 saturated heterocycles. The van der Waals surface area contributed by atoms with Crippen molar-refractivity contribution < 1.29 is 9.84 Å². The molecule has 0 atom stereocenters. The van der Waals surface area contributed by atoms with Gasteiger partial charge >= 0.3 is 5.69 Å². The van der Waals surface area contributed by atoms with Gasteiger partial charge in [0.05, 0.1) is 0 Å². The quantitative estimate of drug-likeness (QED) is 0.700. The second-order valence-electron chi connectivity index (χ2n) is 3.01. The first-order valence-corrected chi connectivity index (χ1v) is 4.43. The Bertz CT molecular complexity index is 487. The number of hydrogen-bond acceptors (Lipinski definition) is 3. The van der Waals surface area contributed by atoms with E-state index in [1.165, 1.54) is 0 Å². The van der Waals surface area contributed by atoms with Crippen molar-refractivity contribution in [3.8, 4) is 11.6 Å². The summed E-state index contributed by atoms with van der Waals surface area (Å²) < 4.78 is 5.34. The third kappa shape index (κ3) is 2.19. The minimum absolute atomic E-state index is 0.120. The first kappa shape index (κ1) is 9.39. The van der Waals surface area contributed by atoms with Gasteiger partial charge in [-0.05, 0) is 12.1 Å². The first-order chi connectivity index (χ1) is 7.25. The lowest BCUT2D eigenvalue weighted by molar-refractivity contribution is 0.294. The highest BCUT2D eigenvalue weighted by atomic mass is 16.5. The molecule has 2 aromatic rings. The van der Waals surface area contributed by atoms with E-state index in [1.54, 1.807) is 12.1 Å². The average Bonchev–Trinajstić information content (AvgIpc) is 2.56. The smallest absolute Gasteiger partial charge is 0.326 e. The number of H-pyrrole nitrogens is 2. The number of rotatable bonds is 3. The molecule has 0 spiro atoms. The topological polar surface area (TPSA) is 78.1 Å². The molecule has 5 heteroatoms. The van der Waals surface area contributed by atoms with E-state index in [0.717, 1.165) is 0 Å². The van der Waals surface area contributed by atoms with Gasteiger partial charge in [0.25, 0.3) is 0 Å². The lowest BCUT2D eigenvalue weighted by Gasteiger charge is -2.03. The van der Waals surface area contributed by atoms with Crippen molar-refractivity contribution in [2.45, 2.75) is 6.61 Å². The fourth-order valence-corrected chi connectivity index (χ4v) is 1.19. The summed E-state index contributed by atoms with van der Waals surface area (Å²) in [6, 6.07) is 9.15. The highest BCUT2D eigenvalue weighted by Crippen LogP contribution is 2.13. The lowest BCUT2D eigenvalue weighted by Crippen LogP contribution is -2.02. The maximum atomic E-state index is 10.8. The van der Waals surface area contributed by atoms with Gasteiger partial charge < -0.3 is 14.8 Å². The summed E-state index contributed by atoms with van der Waals surface area (Å²) in [6.45, 7) is 0.120. The summed E-state index contributed by atoms with van der Waals surface area (Å²) in [6.07, 6.45) is 0.